The highest BCUT2D eigenvalue weighted by Gasteiger charge is 2.60. The molecule has 0 spiro atoms. The molecule has 3 amide bonds. The maximum atomic E-state index is 13.7. The van der Waals surface area contributed by atoms with Crippen molar-refractivity contribution >= 4 is 39.3 Å². The number of hydrogen-bond donors (Lipinski definition) is 1. The molecule has 0 aliphatic carbocycles. The van der Waals surface area contributed by atoms with Crippen LogP contribution in [0.25, 0.3) is 0 Å². The summed E-state index contributed by atoms with van der Waals surface area (Å²) in [5.41, 5.74) is 5.76. The van der Waals surface area contributed by atoms with Gasteiger partial charge in [-0.2, -0.15) is 0 Å². The molecule has 3 aromatic carbocycles. The molecular formula is C26H22BrN3O4. The molecule has 8 heteroatoms. The van der Waals surface area contributed by atoms with Crippen LogP contribution in [-0.4, -0.2) is 35.9 Å². The minimum atomic E-state index is -0.976. The maximum Gasteiger partial charge on any atom is 0.268 e. The van der Waals surface area contributed by atoms with Crippen LogP contribution in [0.2, 0.25) is 0 Å². The van der Waals surface area contributed by atoms with E-state index in [0.29, 0.717) is 17.0 Å². The number of hydrogen-bond acceptors (Lipinski definition) is 5. The lowest BCUT2D eigenvalue weighted by Crippen LogP contribution is -2.48. The highest BCUT2D eigenvalue weighted by molar-refractivity contribution is 9.10. The third-order valence-electron chi connectivity index (χ3n) is 6.24. The van der Waals surface area contributed by atoms with E-state index in [-0.39, 0.29) is 11.8 Å². The van der Waals surface area contributed by atoms with Crippen molar-refractivity contribution in [3.05, 3.63) is 94.0 Å². The van der Waals surface area contributed by atoms with Gasteiger partial charge in [0.1, 0.15) is 11.8 Å². The molecule has 34 heavy (non-hydrogen) atoms. The third-order valence-corrected chi connectivity index (χ3v) is 6.73. The number of nitrogens with one attached hydrogen (secondary N) is 1. The van der Waals surface area contributed by atoms with Gasteiger partial charge in [-0.25, -0.2) is 10.3 Å². The highest BCUT2D eigenvalue weighted by atomic mass is 79.9. The summed E-state index contributed by atoms with van der Waals surface area (Å²) in [6, 6.07) is 19.9. The fraction of sp³-hybridized carbons (Fsp3) is 0.192. The number of imide groups is 1. The maximum absolute atomic E-state index is 13.7. The van der Waals surface area contributed by atoms with Crippen LogP contribution in [0.1, 0.15) is 27.5 Å². The molecule has 5 rings (SSSR count). The standard InChI is InChI=1S/C26H22BrN3O4/c1-15-6-3-10-19(12-15)29-25(32)21-22(16-7-5-11-20(14-16)34-2)28-30(23(21)26(29)33)24(31)17-8-4-9-18(27)13-17/h3-14,21-23,28H,1-2H3/t21-,22+,23-/m1/s1. The molecule has 172 valence electrons. The molecule has 0 aromatic heterocycles. The normalized spacial score (nSPS) is 21.7. The topological polar surface area (TPSA) is 79.0 Å². The number of halogens is 1. The van der Waals surface area contributed by atoms with Crippen molar-refractivity contribution in [3.63, 3.8) is 0 Å². The third kappa shape index (κ3) is 3.69. The molecule has 0 unspecified atom stereocenters. The quantitative estimate of drug-likeness (QED) is 0.526. The Morgan fingerprint density at radius 1 is 0.971 bits per heavy atom. The largest absolute Gasteiger partial charge is 0.497 e. The lowest BCUT2D eigenvalue weighted by molar-refractivity contribution is -0.123. The molecule has 1 N–H and O–H groups in total. The number of rotatable bonds is 4. The fourth-order valence-corrected chi connectivity index (χ4v) is 5.07. The van der Waals surface area contributed by atoms with E-state index >= 15 is 0 Å². The van der Waals surface area contributed by atoms with E-state index in [1.807, 2.05) is 43.3 Å². The summed E-state index contributed by atoms with van der Waals surface area (Å²) in [7, 11) is 1.57. The van der Waals surface area contributed by atoms with Crippen LogP contribution in [0.5, 0.6) is 5.75 Å². The molecule has 0 radical (unpaired) electrons. The van der Waals surface area contributed by atoms with Crippen molar-refractivity contribution in [2.75, 3.05) is 12.0 Å². The van der Waals surface area contributed by atoms with Gasteiger partial charge in [-0.15, -0.1) is 0 Å². The van der Waals surface area contributed by atoms with Crippen LogP contribution in [0.3, 0.4) is 0 Å². The van der Waals surface area contributed by atoms with Gasteiger partial charge >= 0.3 is 0 Å². The molecule has 2 fully saturated rings. The van der Waals surface area contributed by atoms with Gasteiger partial charge in [0, 0.05) is 10.0 Å². The number of anilines is 1. The first-order valence-corrected chi connectivity index (χ1v) is 11.6. The Bertz CT molecular complexity index is 1310. The van der Waals surface area contributed by atoms with Crippen LogP contribution in [0.4, 0.5) is 5.69 Å². The van der Waals surface area contributed by atoms with Gasteiger partial charge in [0.05, 0.1) is 24.8 Å². The van der Waals surface area contributed by atoms with Crippen molar-refractivity contribution in [2.45, 2.75) is 19.0 Å². The second-order valence-electron chi connectivity index (χ2n) is 8.39. The number of carbonyl (C=O) groups is 3. The Morgan fingerprint density at radius 3 is 2.47 bits per heavy atom. The van der Waals surface area contributed by atoms with E-state index < -0.39 is 23.9 Å². The number of carbonyl (C=O) groups excluding carboxylic acids is 3. The summed E-state index contributed by atoms with van der Waals surface area (Å²) in [5.74, 6) is -1.31. The fourth-order valence-electron chi connectivity index (χ4n) is 4.67. The minimum Gasteiger partial charge on any atom is -0.497 e. The highest BCUT2D eigenvalue weighted by Crippen LogP contribution is 2.43. The van der Waals surface area contributed by atoms with Crippen LogP contribution in [-0.2, 0) is 9.59 Å². The molecular weight excluding hydrogens is 498 g/mol. The van der Waals surface area contributed by atoms with Gasteiger partial charge in [-0.05, 0) is 60.5 Å². The predicted octanol–water partition coefficient (Wildman–Crippen LogP) is 4.03. The van der Waals surface area contributed by atoms with E-state index in [0.717, 1.165) is 15.6 Å². The number of benzene rings is 3. The number of hydrazine groups is 1. The van der Waals surface area contributed by atoms with E-state index in [2.05, 4.69) is 21.4 Å². The first kappa shape index (κ1) is 22.3. The molecule has 2 saturated heterocycles. The van der Waals surface area contributed by atoms with Gasteiger partial charge in [0.25, 0.3) is 11.8 Å². The molecule has 0 saturated carbocycles. The van der Waals surface area contributed by atoms with Crippen molar-refractivity contribution in [2.24, 2.45) is 5.92 Å². The summed E-state index contributed by atoms with van der Waals surface area (Å²) in [5, 5.41) is 1.31. The summed E-state index contributed by atoms with van der Waals surface area (Å²) in [6.07, 6.45) is 0. The van der Waals surface area contributed by atoms with Crippen LogP contribution < -0.4 is 15.1 Å². The number of nitrogens with zero attached hydrogens (tertiary/aromatic N) is 2. The SMILES string of the molecule is COc1cccc([C@@H]2NN(C(=O)c3cccc(Br)c3)[C@H]3C(=O)N(c4cccc(C)c4)C(=O)[C@H]23)c1. The zero-order chi connectivity index (χ0) is 24.0. The average Bonchev–Trinajstić information content (AvgIpc) is 3.35. The summed E-state index contributed by atoms with van der Waals surface area (Å²) in [6.45, 7) is 1.90. The lowest BCUT2D eigenvalue weighted by atomic mass is 9.90. The van der Waals surface area contributed by atoms with Gasteiger partial charge in [0.15, 0.2) is 0 Å². The number of fused-ring (bicyclic) bond motifs is 1. The molecule has 2 heterocycles. The Balaban J connectivity index is 1.60. The van der Waals surface area contributed by atoms with E-state index in [4.69, 9.17) is 4.74 Å². The van der Waals surface area contributed by atoms with Gasteiger partial charge in [-0.1, -0.05) is 46.3 Å². The van der Waals surface area contributed by atoms with Crippen molar-refractivity contribution in [1.82, 2.24) is 10.4 Å². The molecule has 3 atom stereocenters. The first-order valence-electron chi connectivity index (χ1n) is 10.8. The molecule has 2 aliphatic heterocycles. The Morgan fingerprint density at radius 2 is 1.74 bits per heavy atom. The number of methoxy groups -OCH3 is 1. The second kappa shape index (κ2) is 8.70. The summed E-state index contributed by atoms with van der Waals surface area (Å²) in [4.78, 5) is 42.1. The number of aryl methyl sites for hydroxylation is 1. The van der Waals surface area contributed by atoms with Crippen LogP contribution in [0.15, 0.2) is 77.3 Å². The molecule has 0 bridgehead atoms. The zero-order valence-electron chi connectivity index (χ0n) is 18.6. The van der Waals surface area contributed by atoms with E-state index in [9.17, 15) is 14.4 Å². The Kier molecular flexibility index (Phi) is 5.71. The first-order chi connectivity index (χ1) is 16.4. The smallest absolute Gasteiger partial charge is 0.268 e. The second-order valence-corrected chi connectivity index (χ2v) is 9.31. The van der Waals surface area contributed by atoms with Crippen molar-refractivity contribution in [1.29, 1.82) is 0 Å². The molecule has 7 nitrogen and oxygen atoms in total. The number of amides is 3. The van der Waals surface area contributed by atoms with Gasteiger partial charge in [-0.3, -0.25) is 19.4 Å². The molecule has 2 aliphatic rings. The summed E-state index contributed by atoms with van der Waals surface area (Å²) < 4.78 is 6.10. The van der Waals surface area contributed by atoms with Gasteiger partial charge in [0.2, 0.25) is 5.91 Å². The monoisotopic (exact) mass is 519 g/mol. The van der Waals surface area contributed by atoms with Crippen molar-refractivity contribution in [3.8, 4) is 5.75 Å². The predicted molar refractivity (Wildman–Crippen MR) is 130 cm³/mol. The summed E-state index contributed by atoms with van der Waals surface area (Å²) >= 11 is 3.39. The van der Waals surface area contributed by atoms with Crippen molar-refractivity contribution < 1.29 is 19.1 Å². The van der Waals surface area contributed by atoms with E-state index in [1.54, 1.807) is 43.5 Å². The van der Waals surface area contributed by atoms with E-state index in [1.165, 1.54) is 9.91 Å². The number of ether oxygens (including phenoxy) is 1. The Labute approximate surface area is 205 Å². The lowest BCUT2D eigenvalue weighted by Gasteiger charge is -2.25. The molecule has 3 aromatic rings. The Hall–Kier alpha value is -3.49. The minimum absolute atomic E-state index is 0.342. The average molecular weight is 520 g/mol. The van der Waals surface area contributed by atoms with Gasteiger partial charge < -0.3 is 4.74 Å². The van der Waals surface area contributed by atoms with Crippen LogP contribution >= 0.6 is 15.9 Å². The van der Waals surface area contributed by atoms with Crippen LogP contribution in [0, 0.1) is 12.8 Å². The zero-order valence-corrected chi connectivity index (χ0v) is 20.2.